The van der Waals surface area contributed by atoms with Crippen LogP contribution in [-0.2, 0) is 57.6 Å². The molecule has 22 nitrogen and oxygen atoms in total. The number of H-pyrrole nitrogens is 1. The number of carbonyl (C=O) groups excluding carboxylic acids is 7. The first-order valence-corrected chi connectivity index (χ1v) is 26.9. The minimum Gasteiger partial charge on any atom is -0.481 e. The number of carboxylic acid groups (broad SMARTS) is 1. The van der Waals surface area contributed by atoms with Crippen LogP contribution in [0.1, 0.15) is 56.7 Å². The van der Waals surface area contributed by atoms with Gasteiger partial charge in [-0.2, -0.15) is 0 Å². The third-order valence-corrected chi connectivity index (χ3v) is 14.3. The number of hydrogen-bond donors (Lipinski definition) is 14. The number of benzene rings is 3. The first-order valence-electron chi connectivity index (χ1n) is 24.4. The van der Waals surface area contributed by atoms with Crippen LogP contribution < -0.4 is 48.7 Å². The average molecular weight is 1080 g/mol. The summed E-state index contributed by atoms with van der Waals surface area (Å²) < 4.78 is 0. The summed E-state index contributed by atoms with van der Waals surface area (Å²) in [6.45, 7) is 3.31. The number of nitrogens with one attached hydrogen (secondary N) is 8. The van der Waals surface area contributed by atoms with Gasteiger partial charge in [-0.15, -0.1) is 0 Å². The summed E-state index contributed by atoms with van der Waals surface area (Å²) in [5.41, 5.74) is 15.0. The van der Waals surface area contributed by atoms with E-state index in [9.17, 15) is 48.9 Å². The van der Waals surface area contributed by atoms with Gasteiger partial charge in [-0.3, -0.25) is 38.4 Å². The van der Waals surface area contributed by atoms with E-state index in [1.165, 1.54) is 13.8 Å². The molecule has 75 heavy (non-hydrogen) atoms. The van der Waals surface area contributed by atoms with Crippen LogP contribution in [0.3, 0.4) is 0 Å². The van der Waals surface area contributed by atoms with E-state index in [4.69, 9.17) is 21.4 Å². The predicted molar refractivity (Wildman–Crippen MR) is 285 cm³/mol. The van der Waals surface area contributed by atoms with E-state index in [-0.39, 0.29) is 43.7 Å². The van der Waals surface area contributed by atoms with Crippen molar-refractivity contribution in [2.45, 2.75) is 120 Å². The molecular weight excluding hydrogens is 1010 g/mol. The van der Waals surface area contributed by atoms with Crippen LogP contribution in [0.5, 0.6) is 0 Å². The molecule has 1 aliphatic rings. The molecular formula is C51H70N10O12S2. The van der Waals surface area contributed by atoms with E-state index in [2.05, 4.69) is 42.2 Å². The number of aliphatic hydroxyl groups is 3. The van der Waals surface area contributed by atoms with Crippen molar-refractivity contribution in [1.29, 1.82) is 0 Å². The number of unbranched alkanes of at least 4 members (excludes halogenated alkanes) is 1. The van der Waals surface area contributed by atoms with Crippen LogP contribution in [0.2, 0.25) is 0 Å². The molecule has 16 N–H and O–H groups in total. The summed E-state index contributed by atoms with van der Waals surface area (Å²) in [5.74, 6) is -6.84. The van der Waals surface area contributed by atoms with Gasteiger partial charge in [0.15, 0.2) is 0 Å². The highest BCUT2D eigenvalue weighted by atomic mass is 33.1. The largest absolute Gasteiger partial charge is 0.481 e. The topological polar surface area (TPSA) is 370 Å². The SMILES string of the molecule is CC(=O)O.CC(O)[C@@H]1NC(=O)C(CCCCN)NC(=O)C(Cc2c[nH]c3ccccc23)NC(=O)[C@H](Cc2ccccc2)NC(=O)[C@@H](NC(=O)C(N)Cc2ccccc2)CSSCC(C(=O)N[C@H](CO)C(C)O)NC1=O. The predicted octanol–water partition coefficient (Wildman–Crippen LogP) is -0.714. The normalized spacial score (nSPS) is 21.9. The van der Waals surface area contributed by atoms with Crippen molar-refractivity contribution in [3.8, 4) is 0 Å². The van der Waals surface area contributed by atoms with Gasteiger partial charge in [0.1, 0.15) is 36.3 Å². The first-order chi connectivity index (χ1) is 35.8. The lowest BCUT2D eigenvalue weighted by atomic mass is 10.0. The molecule has 2 heterocycles. The van der Waals surface area contributed by atoms with Gasteiger partial charge in [-0.1, -0.05) is 100 Å². The molecule has 408 valence electrons. The van der Waals surface area contributed by atoms with Gasteiger partial charge in [0.05, 0.1) is 30.9 Å². The molecule has 0 saturated carbocycles. The zero-order valence-corrected chi connectivity index (χ0v) is 43.7. The minimum atomic E-state index is -1.66. The van der Waals surface area contributed by atoms with Gasteiger partial charge in [0.25, 0.3) is 5.97 Å². The van der Waals surface area contributed by atoms with E-state index in [1.807, 2.05) is 30.3 Å². The summed E-state index contributed by atoms with van der Waals surface area (Å²) in [7, 11) is 2.06. The van der Waals surface area contributed by atoms with Crippen LogP contribution in [-0.4, -0.2) is 158 Å². The van der Waals surface area contributed by atoms with Crippen molar-refractivity contribution >= 4 is 79.8 Å². The molecule has 0 radical (unpaired) electrons. The molecule has 24 heteroatoms. The number of carboxylic acids is 1. The molecule has 1 aromatic heterocycles. The fourth-order valence-electron chi connectivity index (χ4n) is 7.73. The maximum Gasteiger partial charge on any atom is 0.300 e. The number of para-hydroxylation sites is 1. The zero-order valence-electron chi connectivity index (χ0n) is 42.0. The second-order valence-corrected chi connectivity index (χ2v) is 20.5. The van der Waals surface area contributed by atoms with Gasteiger partial charge in [0.2, 0.25) is 41.4 Å². The van der Waals surface area contributed by atoms with Gasteiger partial charge in [-0.05, 0) is 68.8 Å². The van der Waals surface area contributed by atoms with Crippen molar-refractivity contribution in [1.82, 2.24) is 42.2 Å². The second kappa shape index (κ2) is 31.4. The van der Waals surface area contributed by atoms with E-state index >= 15 is 0 Å². The molecule has 0 spiro atoms. The molecule has 3 aromatic carbocycles. The highest BCUT2D eigenvalue weighted by Crippen LogP contribution is 2.24. The Labute approximate surface area is 442 Å². The van der Waals surface area contributed by atoms with Crippen LogP contribution in [0, 0.1) is 0 Å². The summed E-state index contributed by atoms with van der Waals surface area (Å²) in [6, 6.07) is 14.6. The Hall–Kier alpha value is -6.54. The summed E-state index contributed by atoms with van der Waals surface area (Å²) in [4.78, 5) is 112. The fraction of sp³-hybridized carbons (Fsp3) is 0.451. The molecule has 7 amide bonds. The Kier molecular flexibility index (Phi) is 25.5. The van der Waals surface area contributed by atoms with Crippen LogP contribution in [0.15, 0.2) is 91.1 Å². The Bertz CT molecular complexity index is 2500. The molecule has 1 aliphatic heterocycles. The van der Waals surface area contributed by atoms with Crippen molar-refractivity contribution in [2.75, 3.05) is 24.7 Å². The highest BCUT2D eigenvalue weighted by Gasteiger charge is 2.36. The fourth-order valence-corrected chi connectivity index (χ4v) is 10.1. The lowest BCUT2D eigenvalue weighted by Gasteiger charge is -2.29. The maximum absolute atomic E-state index is 14.7. The third-order valence-electron chi connectivity index (χ3n) is 11.9. The number of aliphatic carboxylic acids is 1. The van der Waals surface area contributed by atoms with Gasteiger partial charge in [0, 0.05) is 48.4 Å². The van der Waals surface area contributed by atoms with Crippen molar-refractivity contribution in [2.24, 2.45) is 11.5 Å². The highest BCUT2D eigenvalue weighted by molar-refractivity contribution is 8.76. The average Bonchev–Trinajstić information content (AvgIpc) is 3.78. The number of amides is 7. The number of hydrogen-bond acceptors (Lipinski definition) is 15. The number of carbonyl (C=O) groups is 8. The minimum absolute atomic E-state index is 0.0340. The molecule has 5 rings (SSSR count). The van der Waals surface area contributed by atoms with E-state index in [0.717, 1.165) is 45.0 Å². The second-order valence-electron chi connectivity index (χ2n) is 18.0. The Morgan fingerprint density at radius 2 is 1.28 bits per heavy atom. The number of aliphatic hydroxyl groups excluding tert-OH is 3. The maximum atomic E-state index is 14.7. The van der Waals surface area contributed by atoms with E-state index in [1.54, 1.807) is 60.8 Å². The van der Waals surface area contributed by atoms with Crippen molar-refractivity contribution in [3.63, 3.8) is 0 Å². The monoisotopic (exact) mass is 1080 g/mol. The molecule has 1 saturated heterocycles. The summed E-state index contributed by atoms with van der Waals surface area (Å²) in [6.07, 6.45) is -0.156. The Morgan fingerprint density at radius 3 is 1.89 bits per heavy atom. The van der Waals surface area contributed by atoms with E-state index in [0.29, 0.717) is 24.0 Å². The van der Waals surface area contributed by atoms with E-state index < -0.39 is 114 Å². The lowest BCUT2D eigenvalue weighted by molar-refractivity contribution is -0.136. The molecule has 6 unspecified atom stereocenters. The first kappa shape index (κ1) is 61.0. The van der Waals surface area contributed by atoms with Crippen LogP contribution in [0.4, 0.5) is 0 Å². The molecule has 4 aromatic rings. The smallest absolute Gasteiger partial charge is 0.300 e. The summed E-state index contributed by atoms with van der Waals surface area (Å²) >= 11 is 0. The number of rotatable bonds is 17. The van der Waals surface area contributed by atoms with Crippen LogP contribution in [0.25, 0.3) is 10.9 Å². The molecule has 1 fully saturated rings. The van der Waals surface area contributed by atoms with Crippen molar-refractivity contribution in [3.05, 3.63) is 108 Å². The Balaban J connectivity index is 0.00000293. The standard InChI is InChI=1S/C49H66N10O10S2.C2H4O2/c1-28(61)39(25-60)56-48(68)41-27-71-70-26-40(57-43(63)34(51)21-30-13-5-3-6-14-30)47(67)54-37(22-31-15-7-4-8-16-31)45(65)55-38(23-32-24-52-35-18-10-9-17-33(32)35)46(66)53-36(19-11-12-20-50)44(64)59-42(29(2)62)49(69)58-41;1-2(3)4/h3-10,13-18,24,28-29,34,36-42,52,60-62H,11-12,19-23,25-27,50-51H2,1-2H3,(H,53,66)(H,54,67)(H,55,65)(H,56,68)(H,57,63)(H,58,69)(H,59,64);1H3,(H,3,4)/t28?,29?,34?,36?,37-,38?,39+,40-,41?,42-;/m0./s1. The van der Waals surface area contributed by atoms with Gasteiger partial charge >= 0.3 is 0 Å². The number of nitrogens with two attached hydrogens (primary N) is 2. The van der Waals surface area contributed by atoms with Crippen LogP contribution >= 0.6 is 21.6 Å². The van der Waals surface area contributed by atoms with Gasteiger partial charge in [-0.25, -0.2) is 0 Å². The molecule has 0 aliphatic carbocycles. The molecule has 0 bridgehead atoms. The van der Waals surface area contributed by atoms with Crippen molar-refractivity contribution < 1.29 is 58.8 Å². The third kappa shape index (κ3) is 20.3. The quantitative estimate of drug-likeness (QED) is 0.0459. The number of aromatic nitrogens is 1. The number of aromatic amines is 1. The summed E-state index contributed by atoms with van der Waals surface area (Å²) in [5, 5.41) is 57.9. The number of fused-ring (bicyclic) bond motifs is 1. The lowest BCUT2D eigenvalue weighted by Crippen LogP contribution is -2.62. The Morgan fingerprint density at radius 1 is 0.720 bits per heavy atom. The zero-order chi connectivity index (χ0) is 55.0. The molecule has 10 atom stereocenters. The van der Waals surface area contributed by atoms with Gasteiger partial charge < -0.3 is 74.1 Å².